The zero-order valence-electron chi connectivity index (χ0n) is 15.8. The number of guanidine groups is 1. The van der Waals surface area contributed by atoms with Crippen LogP contribution < -0.4 is 10.5 Å². The van der Waals surface area contributed by atoms with Crippen LogP contribution in [0.4, 0.5) is 17.6 Å². The van der Waals surface area contributed by atoms with Gasteiger partial charge in [0.05, 0.1) is 5.56 Å². The summed E-state index contributed by atoms with van der Waals surface area (Å²) in [7, 11) is 1.43. The Hall–Kier alpha value is -3.54. The molecule has 1 heterocycles. The molecule has 0 fully saturated rings. The minimum Gasteiger partial charge on any atom is -0.435 e. The smallest absolute Gasteiger partial charge is 0.387 e. The molecule has 1 amide bonds. The molecular weight excluding hydrogens is 402 g/mol. The lowest BCUT2D eigenvalue weighted by Crippen LogP contribution is -2.41. The number of halogens is 4. The van der Waals surface area contributed by atoms with E-state index in [-0.39, 0.29) is 29.3 Å². The molecule has 0 aromatic heterocycles. The molecule has 156 valence electrons. The van der Waals surface area contributed by atoms with E-state index in [0.29, 0.717) is 5.56 Å². The number of aliphatic imine (C=N–C) groups is 1. The van der Waals surface area contributed by atoms with E-state index >= 15 is 0 Å². The number of ether oxygens (including phenoxy) is 1. The molecule has 2 aromatic rings. The Morgan fingerprint density at radius 1 is 1.20 bits per heavy atom. The van der Waals surface area contributed by atoms with Crippen LogP contribution in [0.2, 0.25) is 0 Å². The summed E-state index contributed by atoms with van der Waals surface area (Å²) in [4.78, 5) is 18.6. The Labute approximate surface area is 170 Å². The van der Waals surface area contributed by atoms with Gasteiger partial charge >= 0.3 is 6.61 Å². The van der Waals surface area contributed by atoms with E-state index in [1.165, 1.54) is 43.4 Å². The van der Waals surface area contributed by atoms with Gasteiger partial charge in [-0.15, -0.1) is 0 Å². The third kappa shape index (κ3) is 3.81. The van der Waals surface area contributed by atoms with Crippen LogP contribution >= 0.6 is 0 Å². The highest BCUT2D eigenvalue weighted by molar-refractivity contribution is 6.08. The highest BCUT2D eigenvalue weighted by Gasteiger charge is 2.49. The third-order valence-electron chi connectivity index (χ3n) is 4.56. The zero-order valence-corrected chi connectivity index (χ0v) is 15.8. The summed E-state index contributed by atoms with van der Waals surface area (Å²) in [5, 5.41) is 0. The highest BCUT2D eigenvalue weighted by atomic mass is 19.3. The van der Waals surface area contributed by atoms with Gasteiger partial charge in [0.2, 0.25) is 0 Å². The minimum atomic E-state index is -3.00. The van der Waals surface area contributed by atoms with Gasteiger partial charge in [0.1, 0.15) is 18.2 Å². The Bertz CT molecular complexity index is 1040. The quantitative estimate of drug-likeness (QED) is 0.598. The van der Waals surface area contributed by atoms with Crippen molar-refractivity contribution < 1.29 is 27.1 Å². The summed E-state index contributed by atoms with van der Waals surface area (Å²) in [6, 6.07) is 9.19. The molecule has 5 nitrogen and oxygen atoms in total. The van der Waals surface area contributed by atoms with E-state index in [2.05, 4.69) is 21.6 Å². The first kappa shape index (κ1) is 21.2. The standard InChI is InChI=1S/C21H17F4N3O2/c1-28-18(29)21(27-20(28)26,14-5-8-16(9-6-14)30-19(24)25)15-7-10-17(23)13(12-15)4-2-3-11-22/h5-10,12,19H,3,11H2,1H3,(H2,26,27)/t21-/m0/s1. The molecule has 1 aliphatic heterocycles. The number of carbonyl (C=O) groups excluding carboxylic acids is 1. The first-order chi connectivity index (χ1) is 14.3. The lowest BCUT2D eigenvalue weighted by molar-refractivity contribution is -0.129. The Balaban J connectivity index is 2.15. The summed E-state index contributed by atoms with van der Waals surface area (Å²) in [5.74, 6) is 3.72. The maximum atomic E-state index is 14.2. The lowest BCUT2D eigenvalue weighted by atomic mass is 9.82. The van der Waals surface area contributed by atoms with Gasteiger partial charge in [0.15, 0.2) is 11.5 Å². The van der Waals surface area contributed by atoms with Gasteiger partial charge in [-0.2, -0.15) is 8.78 Å². The van der Waals surface area contributed by atoms with Crippen LogP contribution in [-0.4, -0.2) is 37.1 Å². The lowest BCUT2D eigenvalue weighted by Gasteiger charge is -2.26. The van der Waals surface area contributed by atoms with E-state index in [1.54, 1.807) is 0 Å². The number of amides is 1. The van der Waals surface area contributed by atoms with Crippen molar-refractivity contribution in [2.75, 3.05) is 13.7 Å². The predicted octanol–water partition coefficient (Wildman–Crippen LogP) is 3.17. The number of hydrogen-bond acceptors (Lipinski definition) is 4. The number of rotatable bonds is 5. The first-order valence-electron chi connectivity index (χ1n) is 8.83. The van der Waals surface area contributed by atoms with Crippen LogP contribution in [-0.2, 0) is 10.3 Å². The van der Waals surface area contributed by atoms with Gasteiger partial charge in [0, 0.05) is 13.5 Å². The normalized spacial score (nSPS) is 18.3. The van der Waals surface area contributed by atoms with Gasteiger partial charge in [0.25, 0.3) is 5.91 Å². The molecule has 30 heavy (non-hydrogen) atoms. The molecule has 1 aliphatic rings. The average Bonchev–Trinajstić information content (AvgIpc) is 2.94. The minimum absolute atomic E-state index is 0.0332. The summed E-state index contributed by atoms with van der Waals surface area (Å²) in [5.41, 5.74) is 4.76. The van der Waals surface area contributed by atoms with Gasteiger partial charge in [-0.1, -0.05) is 30.0 Å². The Morgan fingerprint density at radius 2 is 1.87 bits per heavy atom. The van der Waals surface area contributed by atoms with Crippen LogP contribution in [0.3, 0.4) is 0 Å². The van der Waals surface area contributed by atoms with Crippen molar-refractivity contribution in [2.24, 2.45) is 10.7 Å². The molecular formula is C21H17F4N3O2. The van der Waals surface area contributed by atoms with Crippen molar-refractivity contribution >= 4 is 11.9 Å². The number of likely N-dealkylation sites (N-methyl/N-ethyl adjacent to an activating group) is 1. The van der Waals surface area contributed by atoms with Gasteiger partial charge in [-0.3, -0.25) is 14.1 Å². The number of carbonyl (C=O) groups is 1. The van der Waals surface area contributed by atoms with Crippen LogP contribution in [0.15, 0.2) is 47.5 Å². The second kappa shape index (κ2) is 8.45. The van der Waals surface area contributed by atoms with Gasteiger partial charge < -0.3 is 10.5 Å². The number of nitrogens with zero attached hydrogens (tertiary/aromatic N) is 2. The van der Waals surface area contributed by atoms with Crippen molar-refractivity contribution in [3.63, 3.8) is 0 Å². The predicted molar refractivity (Wildman–Crippen MR) is 102 cm³/mol. The van der Waals surface area contributed by atoms with E-state index < -0.39 is 30.5 Å². The van der Waals surface area contributed by atoms with Crippen LogP contribution in [0.5, 0.6) is 5.75 Å². The van der Waals surface area contributed by atoms with Crippen molar-refractivity contribution in [1.29, 1.82) is 0 Å². The highest BCUT2D eigenvalue weighted by Crippen LogP contribution is 2.40. The molecule has 0 radical (unpaired) electrons. The molecule has 0 unspecified atom stereocenters. The zero-order chi connectivity index (χ0) is 21.9. The summed E-state index contributed by atoms with van der Waals surface area (Å²) < 4.78 is 55.7. The largest absolute Gasteiger partial charge is 0.435 e. The number of hydrogen-bond donors (Lipinski definition) is 1. The van der Waals surface area contributed by atoms with Crippen LogP contribution in [0, 0.1) is 17.7 Å². The molecule has 3 rings (SSSR count). The van der Waals surface area contributed by atoms with E-state index in [9.17, 15) is 22.4 Å². The summed E-state index contributed by atoms with van der Waals surface area (Å²) >= 11 is 0. The molecule has 9 heteroatoms. The van der Waals surface area contributed by atoms with Crippen molar-refractivity contribution in [1.82, 2.24) is 4.90 Å². The van der Waals surface area contributed by atoms with Crippen molar-refractivity contribution in [2.45, 2.75) is 18.6 Å². The Kier molecular flexibility index (Phi) is 5.96. The summed E-state index contributed by atoms with van der Waals surface area (Å²) in [6.45, 7) is -3.67. The number of nitrogens with two attached hydrogens (primary N) is 1. The molecule has 0 bridgehead atoms. The Morgan fingerprint density at radius 3 is 2.43 bits per heavy atom. The molecule has 0 aliphatic carbocycles. The van der Waals surface area contributed by atoms with Gasteiger partial charge in [-0.25, -0.2) is 9.38 Å². The second-order valence-electron chi connectivity index (χ2n) is 6.38. The fourth-order valence-corrected chi connectivity index (χ4v) is 3.11. The fourth-order valence-electron chi connectivity index (χ4n) is 3.11. The molecule has 2 aromatic carbocycles. The second-order valence-corrected chi connectivity index (χ2v) is 6.38. The van der Waals surface area contributed by atoms with E-state index in [0.717, 1.165) is 11.0 Å². The van der Waals surface area contributed by atoms with Gasteiger partial charge in [-0.05, 0) is 35.4 Å². The number of benzene rings is 2. The average molecular weight is 419 g/mol. The SMILES string of the molecule is CN1C(=O)[C@](c2ccc(OC(F)F)cc2)(c2ccc(F)c(C#CCCF)c2)N=C1N. The fraction of sp³-hybridized carbons (Fsp3) is 0.238. The first-order valence-corrected chi connectivity index (χ1v) is 8.83. The van der Waals surface area contributed by atoms with E-state index in [4.69, 9.17) is 5.73 Å². The van der Waals surface area contributed by atoms with Crippen molar-refractivity contribution in [3.05, 3.63) is 65.0 Å². The molecule has 0 saturated heterocycles. The summed E-state index contributed by atoms with van der Waals surface area (Å²) in [6.07, 6.45) is -0.0623. The van der Waals surface area contributed by atoms with E-state index in [1.807, 2.05) is 0 Å². The third-order valence-corrected chi connectivity index (χ3v) is 4.56. The number of alkyl halides is 3. The molecule has 2 N–H and O–H groups in total. The van der Waals surface area contributed by atoms with Crippen LogP contribution in [0.25, 0.3) is 0 Å². The molecule has 0 saturated carbocycles. The molecule has 1 atom stereocenters. The van der Waals surface area contributed by atoms with Crippen LogP contribution in [0.1, 0.15) is 23.1 Å². The molecule has 0 spiro atoms. The topological polar surface area (TPSA) is 67.9 Å². The van der Waals surface area contributed by atoms with Crippen molar-refractivity contribution in [3.8, 4) is 17.6 Å². The maximum absolute atomic E-state index is 14.2. The maximum Gasteiger partial charge on any atom is 0.387 e. The monoisotopic (exact) mass is 419 g/mol.